The van der Waals surface area contributed by atoms with Gasteiger partial charge in [-0.05, 0) is 35.7 Å². The molecule has 150 valence electrons. The number of fused-ring (bicyclic) bond motifs is 1. The van der Waals surface area contributed by atoms with Gasteiger partial charge in [0.2, 0.25) is 5.91 Å². The fourth-order valence-corrected chi connectivity index (χ4v) is 3.94. The Labute approximate surface area is 176 Å². The summed E-state index contributed by atoms with van der Waals surface area (Å²) in [6.45, 7) is 5.85. The van der Waals surface area contributed by atoms with Gasteiger partial charge in [-0.2, -0.15) is 0 Å². The van der Waals surface area contributed by atoms with Gasteiger partial charge in [0.25, 0.3) is 0 Å². The van der Waals surface area contributed by atoms with Crippen molar-refractivity contribution in [1.82, 2.24) is 10.3 Å². The SMILES string of the molecule is CC(CC(=O)Nc1c(Cl)ccc2nc(N3CCNCC3)ccc12)c1ccccc1. The molecule has 0 radical (unpaired) electrons. The maximum absolute atomic E-state index is 12.7. The van der Waals surface area contributed by atoms with Crippen LogP contribution in [-0.2, 0) is 4.79 Å². The molecule has 4 rings (SSSR count). The number of amides is 1. The standard InChI is InChI=1S/C23H25ClN4O/c1-16(17-5-3-2-4-6-17)15-22(29)27-23-18-7-10-21(28-13-11-25-12-14-28)26-20(18)9-8-19(23)24/h2-10,16,25H,11-15H2,1H3,(H,27,29). The zero-order chi connectivity index (χ0) is 20.2. The average molecular weight is 409 g/mol. The molecule has 29 heavy (non-hydrogen) atoms. The third-order valence-corrected chi connectivity index (χ3v) is 5.69. The highest BCUT2D eigenvalue weighted by Gasteiger charge is 2.16. The number of pyridine rings is 1. The van der Waals surface area contributed by atoms with Crippen LogP contribution in [0.5, 0.6) is 0 Å². The Balaban J connectivity index is 1.54. The molecular formula is C23H25ClN4O. The molecule has 2 heterocycles. The zero-order valence-electron chi connectivity index (χ0n) is 16.5. The number of carbonyl (C=O) groups is 1. The molecule has 2 N–H and O–H groups in total. The molecule has 0 saturated carbocycles. The van der Waals surface area contributed by atoms with E-state index in [1.165, 1.54) is 0 Å². The van der Waals surface area contributed by atoms with Crippen molar-refractivity contribution in [3.05, 3.63) is 65.2 Å². The highest BCUT2D eigenvalue weighted by molar-refractivity contribution is 6.35. The second kappa shape index (κ2) is 8.80. The van der Waals surface area contributed by atoms with Crippen molar-refractivity contribution in [1.29, 1.82) is 0 Å². The van der Waals surface area contributed by atoms with Crippen LogP contribution in [-0.4, -0.2) is 37.1 Å². The van der Waals surface area contributed by atoms with E-state index >= 15 is 0 Å². The van der Waals surface area contributed by atoms with Gasteiger partial charge in [0.15, 0.2) is 0 Å². The Morgan fingerprint density at radius 1 is 1.14 bits per heavy atom. The second-order valence-electron chi connectivity index (χ2n) is 7.46. The number of aromatic nitrogens is 1. The number of hydrogen-bond donors (Lipinski definition) is 2. The third-order valence-electron chi connectivity index (χ3n) is 5.37. The van der Waals surface area contributed by atoms with Gasteiger partial charge >= 0.3 is 0 Å². The summed E-state index contributed by atoms with van der Waals surface area (Å²) in [6, 6.07) is 17.8. The molecule has 1 aliphatic rings. The maximum atomic E-state index is 12.7. The summed E-state index contributed by atoms with van der Waals surface area (Å²) in [5, 5.41) is 7.75. The Bertz CT molecular complexity index is 1000. The smallest absolute Gasteiger partial charge is 0.225 e. The minimum atomic E-state index is -0.0538. The van der Waals surface area contributed by atoms with Crippen LogP contribution >= 0.6 is 11.6 Å². The number of halogens is 1. The molecule has 1 amide bonds. The van der Waals surface area contributed by atoms with Gasteiger partial charge in [0.1, 0.15) is 5.82 Å². The summed E-state index contributed by atoms with van der Waals surface area (Å²) in [5.74, 6) is 1.03. The molecule has 1 aliphatic heterocycles. The van der Waals surface area contributed by atoms with E-state index in [0.717, 1.165) is 48.5 Å². The van der Waals surface area contributed by atoms with Crippen LogP contribution in [0.15, 0.2) is 54.6 Å². The van der Waals surface area contributed by atoms with Crippen molar-refractivity contribution in [2.75, 3.05) is 36.4 Å². The topological polar surface area (TPSA) is 57.3 Å². The molecule has 1 unspecified atom stereocenters. The number of carbonyl (C=O) groups excluding carboxylic acids is 1. The summed E-state index contributed by atoms with van der Waals surface area (Å²) < 4.78 is 0. The van der Waals surface area contributed by atoms with Crippen molar-refractivity contribution in [2.24, 2.45) is 0 Å². The van der Waals surface area contributed by atoms with Crippen LogP contribution in [0.3, 0.4) is 0 Å². The van der Waals surface area contributed by atoms with Crippen LogP contribution in [0.1, 0.15) is 24.8 Å². The minimum Gasteiger partial charge on any atom is -0.354 e. The molecular weight excluding hydrogens is 384 g/mol. The van der Waals surface area contributed by atoms with Crippen molar-refractivity contribution in [2.45, 2.75) is 19.3 Å². The van der Waals surface area contributed by atoms with E-state index in [0.29, 0.717) is 17.1 Å². The van der Waals surface area contributed by atoms with Gasteiger partial charge in [-0.15, -0.1) is 0 Å². The summed E-state index contributed by atoms with van der Waals surface area (Å²) in [5.41, 5.74) is 2.61. The number of nitrogens with one attached hydrogen (secondary N) is 2. The van der Waals surface area contributed by atoms with Crippen LogP contribution in [0.2, 0.25) is 5.02 Å². The van der Waals surface area contributed by atoms with Crippen molar-refractivity contribution < 1.29 is 4.79 Å². The molecule has 5 nitrogen and oxygen atoms in total. The Kier molecular flexibility index (Phi) is 5.97. The average Bonchev–Trinajstić information content (AvgIpc) is 2.76. The molecule has 0 bridgehead atoms. The van der Waals surface area contributed by atoms with Gasteiger partial charge in [-0.25, -0.2) is 4.98 Å². The van der Waals surface area contributed by atoms with E-state index in [9.17, 15) is 4.79 Å². The monoisotopic (exact) mass is 408 g/mol. The Hall–Kier alpha value is -2.63. The lowest BCUT2D eigenvalue weighted by Gasteiger charge is -2.28. The van der Waals surface area contributed by atoms with Crippen LogP contribution in [0.25, 0.3) is 10.9 Å². The van der Waals surface area contributed by atoms with Crippen LogP contribution < -0.4 is 15.5 Å². The highest BCUT2D eigenvalue weighted by atomic mass is 35.5. The number of nitrogens with zero attached hydrogens (tertiary/aromatic N) is 2. The molecule has 0 spiro atoms. The second-order valence-corrected chi connectivity index (χ2v) is 7.87. The lowest BCUT2D eigenvalue weighted by atomic mass is 9.97. The Morgan fingerprint density at radius 3 is 2.66 bits per heavy atom. The quantitative estimate of drug-likeness (QED) is 0.655. The molecule has 1 atom stereocenters. The summed E-state index contributed by atoms with van der Waals surface area (Å²) in [4.78, 5) is 19.8. The fourth-order valence-electron chi connectivity index (χ4n) is 3.73. The molecule has 3 aromatic rings. The van der Waals surface area contributed by atoms with Gasteiger partial charge in [0.05, 0.1) is 16.2 Å². The van der Waals surface area contributed by atoms with E-state index in [4.69, 9.17) is 16.6 Å². The molecule has 1 fully saturated rings. The van der Waals surface area contributed by atoms with E-state index in [2.05, 4.69) is 22.5 Å². The van der Waals surface area contributed by atoms with Gasteiger partial charge in [-0.3, -0.25) is 4.79 Å². The first-order chi connectivity index (χ1) is 14.1. The third kappa shape index (κ3) is 4.52. The lowest BCUT2D eigenvalue weighted by molar-refractivity contribution is -0.116. The number of benzene rings is 2. The molecule has 1 aromatic heterocycles. The van der Waals surface area contributed by atoms with Crippen molar-refractivity contribution in [3.8, 4) is 0 Å². The van der Waals surface area contributed by atoms with Gasteiger partial charge < -0.3 is 15.5 Å². The molecule has 1 saturated heterocycles. The fraction of sp³-hybridized carbons (Fsp3) is 0.304. The minimum absolute atomic E-state index is 0.0538. The van der Waals surface area contributed by atoms with Gasteiger partial charge in [-0.1, -0.05) is 48.9 Å². The predicted molar refractivity (Wildman–Crippen MR) is 120 cm³/mol. The first-order valence-electron chi connectivity index (χ1n) is 10.0. The van der Waals surface area contributed by atoms with E-state index in [1.807, 2.05) is 48.5 Å². The number of hydrogen-bond acceptors (Lipinski definition) is 4. The number of piperazine rings is 1. The van der Waals surface area contributed by atoms with E-state index in [1.54, 1.807) is 6.07 Å². The predicted octanol–water partition coefficient (Wildman–Crippen LogP) is 4.43. The number of rotatable bonds is 5. The van der Waals surface area contributed by atoms with Crippen LogP contribution in [0.4, 0.5) is 11.5 Å². The Morgan fingerprint density at radius 2 is 1.90 bits per heavy atom. The van der Waals surface area contributed by atoms with Crippen molar-refractivity contribution >= 4 is 39.9 Å². The summed E-state index contributed by atoms with van der Waals surface area (Å²) in [7, 11) is 0. The lowest BCUT2D eigenvalue weighted by Crippen LogP contribution is -2.43. The number of anilines is 2. The van der Waals surface area contributed by atoms with Crippen LogP contribution in [0, 0.1) is 0 Å². The van der Waals surface area contributed by atoms with Crippen molar-refractivity contribution in [3.63, 3.8) is 0 Å². The normalized spacial score (nSPS) is 15.3. The summed E-state index contributed by atoms with van der Waals surface area (Å²) >= 11 is 6.43. The maximum Gasteiger partial charge on any atom is 0.225 e. The molecule has 2 aromatic carbocycles. The molecule has 0 aliphatic carbocycles. The summed E-state index contributed by atoms with van der Waals surface area (Å²) in [6.07, 6.45) is 0.392. The van der Waals surface area contributed by atoms with E-state index in [-0.39, 0.29) is 11.8 Å². The highest BCUT2D eigenvalue weighted by Crippen LogP contribution is 2.32. The van der Waals surface area contributed by atoms with E-state index < -0.39 is 0 Å². The van der Waals surface area contributed by atoms with Gasteiger partial charge in [0, 0.05) is 38.0 Å². The zero-order valence-corrected chi connectivity index (χ0v) is 17.2. The largest absolute Gasteiger partial charge is 0.354 e. The first kappa shape index (κ1) is 19.7. The molecule has 6 heteroatoms. The first-order valence-corrected chi connectivity index (χ1v) is 10.4.